The molecule has 0 saturated heterocycles. The maximum absolute atomic E-state index is 12.8. The van der Waals surface area contributed by atoms with Crippen molar-refractivity contribution in [2.45, 2.75) is 19.9 Å². The second-order valence-corrected chi connectivity index (χ2v) is 8.82. The van der Waals surface area contributed by atoms with Gasteiger partial charge in [0, 0.05) is 34.6 Å². The molecular formula is C27H25N3O5S. The molecule has 0 amide bonds. The van der Waals surface area contributed by atoms with Gasteiger partial charge in [-0.25, -0.2) is 4.79 Å². The van der Waals surface area contributed by atoms with Crippen molar-refractivity contribution in [3.8, 4) is 28.4 Å². The van der Waals surface area contributed by atoms with E-state index in [-0.39, 0.29) is 5.69 Å². The highest BCUT2D eigenvalue weighted by Crippen LogP contribution is 2.42. The van der Waals surface area contributed by atoms with E-state index < -0.39 is 5.97 Å². The maximum atomic E-state index is 12.8. The van der Waals surface area contributed by atoms with E-state index in [1.807, 2.05) is 54.0 Å². The molecule has 5 aromatic rings. The molecule has 184 valence electrons. The van der Waals surface area contributed by atoms with Crippen LogP contribution in [-0.2, 0) is 6.54 Å². The van der Waals surface area contributed by atoms with Crippen molar-refractivity contribution >= 4 is 39.6 Å². The van der Waals surface area contributed by atoms with E-state index in [4.69, 9.17) is 14.2 Å². The summed E-state index contributed by atoms with van der Waals surface area (Å²) in [4.78, 5) is 12.8. The number of benzene rings is 3. The SMILES string of the molecule is CCCOc1ccc2c(c1)c(-c1ccc(OC)cc1OC)c(C(=O)O)n2Cc1ccc2nsnc2c1. The van der Waals surface area contributed by atoms with E-state index in [2.05, 4.69) is 8.75 Å². The molecule has 2 aromatic heterocycles. The van der Waals surface area contributed by atoms with Crippen LogP contribution in [0.4, 0.5) is 0 Å². The smallest absolute Gasteiger partial charge is 0.353 e. The Hall–Kier alpha value is -4.11. The molecule has 8 nitrogen and oxygen atoms in total. The number of methoxy groups -OCH3 is 2. The number of ether oxygens (including phenoxy) is 3. The quantitative estimate of drug-likeness (QED) is 0.269. The topological polar surface area (TPSA) is 95.7 Å². The molecular weight excluding hydrogens is 478 g/mol. The van der Waals surface area contributed by atoms with Crippen LogP contribution in [0.25, 0.3) is 33.1 Å². The number of carboxylic acids is 1. The summed E-state index contributed by atoms with van der Waals surface area (Å²) in [5, 5.41) is 11.2. The lowest BCUT2D eigenvalue weighted by Gasteiger charge is -2.12. The van der Waals surface area contributed by atoms with E-state index in [0.717, 1.165) is 45.6 Å². The zero-order valence-corrected chi connectivity index (χ0v) is 21.0. The Morgan fingerprint density at radius 3 is 2.53 bits per heavy atom. The first-order chi connectivity index (χ1) is 17.5. The van der Waals surface area contributed by atoms with Gasteiger partial charge in [0.2, 0.25) is 0 Å². The van der Waals surface area contributed by atoms with Crippen LogP contribution in [0, 0.1) is 0 Å². The first-order valence-electron chi connectivity index (χ1n) is 11.5. The fraction of sp³-hybridized carbons (Fsp3) is 0.222. The zero-order chi connectivity index (χ0) is 25.2. The van der Waals surface area contributed by atoms with Gasteiger partial charge in [0.05, 0.1) is 32.6 Å². The van der Waals surface area contributed by atoms with Crippen molar-refractivity contribution in [3.63, 3.8) is 0 Å². The standard InChI is InChI=1S/C27H25N3O5S/c1-4-11-35-18-7-10-23-20(13-18)25(19-8-6-17(33-2)14-24(19)34-3)26(27(31)32)30(23)15-16-5-9-21-22(12-16)29-36-28-21/h5-10,12-14H,4,11,15H2,1-3H3,(H,31,32). The van der Waals surface area contributed by atoms with Gasteiger partial charge in [-0.05, 0) is 54.4 Å². The summed E-state index contributed by atoms with van der Waals surface area (Å²) in [5.41, 5.74) is 4.70. The fourth-order valence-electron chi connectivity index (χ4n) is 4.42. The van der Waals surface area contributed by atoms with Crippen molar-refractivity contribution in [2.24, 2.45) is 0 Å². The van der Waals surface area contributed by atoms with Gasteiger partial charge in [0.15, 0.2) is 0 Å². The molecule has 36 heavy (non-hydrogen) atoms. The van der Waals surface area contributed by atoms with Gasteiger partial charge in [0.1, 0.15) is 34.0 Å². The highest BCUT2D eigenvalue weighted by atomic mass is 32.1. The number of nitrogens with zero attached hydrogens (tertiary/aromatic N) is 3. The van der Waals surface area contributed by atoms with Crippen LogP contribution in [0.2, 0.25) is 0 Å². The maximum Gasteiger partial charge on any atom is 0.353 e. The predicted molar refractivity (Wildman–Crippen MR) is 140 cm³/mol. The number of rotatable bonds is 9. The molecule has 3 aromatic carbocycles. The van der Waals surface area contributed by atoms with Crippen molar-refractivity contribution in [2.75, 3.05) is 20.8 Å². The number of carboxylic acid groups (broad SMARTS) is 1. The molecule has 0 aliphatic heterocycles. The second kappa shape index (κ2) is 9.87. The fourth-order valence-corrected chi connectivity index (χ4v) is 4.93. The summed E-state index contributed by atoms with van der Waals surface area (Å²) in [6.45, 7) is 2.96. The largest absolute Gasteiger partial charge is 0.497 e. The Bertz CT molecular complexity index is 1570. The average Bonchev–Trinajstić information content (AvgIpc) is 3.49. The van der Waals surface area contributed by atoms with E-state index in [9.17, 15) is 9.90 Å². The number of fused-ring (bicyclic) bond motifs is 2. The van der Waals surface area contributed by atoms with Crippen molar-refractivity contribution in [1.82, 2.24) is 13.3 Å². The molecule has 9 heteroatoms. The Morgan fingerprint density at radius 2 is 1.78 bits per heavy atom. The minimum absolute atomic E-state index is 0.164. The molecule has 0 saturated carbocycles. The third kappa shape index (κ3) is 4.22. The number of carbonyl (C=O) groups is 1. The van der Waals surface area contributed by atoms with Gasteiger partial charge in [-0.2, -0.15) is 8.75 Å². The number of aromatic carboxylic acids is 1. The molecule has 1 N–H and O–H groups in total. The molecule has 0 unspecified atom stereocenters. The van der Waals surface area contributed by atoms with Crippen molar-refractivity contribution in [1.29, 1.82) is 0 Å². The summed E-state index contributed by atoms with van der Waals surface area (Å²) in [6.07, 6.45) is 0.868. The number of hydrogen-bond donors (Lipinski definition) is 1. The van der Waals surface area contributed by atoms with E-state index in [0.29, 0.717) is 41.5 Å². The van der Waals surface area contributed by atoms with Gasteiger partial charge < -0.3 is 23.9 Å². The molecule has 0 aliphatic rings. The van der Waals surface area contributed by atoms with Crippen LogP contribution in [0.5, 0.6) is 17.2 Å². The van der Waals surface area contributed by atoms with Crippen LogP contribution in [0.15, 0.2) is 54.6 Å². The second-order valence-electron chi connectivity index (χ2n) is 8.30. The monoisotopic (exact) mass is 503 g/mol. The summed E-state index contributed by atoms with van der Waals surface area (Å²) >= 11 is 1.16. The molecule has 0 radical (unpaired) electrons. The molecule has 2 heterocycles. The van der Waals surface area contributed by atoms with Crippen molar-refractivity contribution in [3.05, 3.63) is 65.9 Å². The average molecular weight is 504 g/mol. The first-order valence-corrected chi connectivity index (χ1v) is 12.2. The number of aromatic nitrogens is 3. The summed E-state index contributed by atoms with van der Waals surface area (Å²) in [6, 6.07) is 16.9. The Kier molecular flexibility index (Phi) is 6.47. The lowest BCUT2D eigenvalue weighted by Crippen LogP contribution is -2.10. The Balaban J connectivity index is 1.77. The third-order valence-corrected chi connectivity index (χ3v) is 6.60. The minimum atomic E-state index is -1.04. The van der Waals surface area contributed by atoms with Crippen LogP contribution < -0.4 is 14.2 Å². The van der Waals surface area contributed by atoms with E-state index in [1.165, 1.54) is 0 Å². The highest BCUT2D eigenvalue weighted by molar-refractivity contribution is 7.00. The van der Waals surface area contributed by atoms with Gasteiger partial charge in [-0.1, -0.05) is 13.0 Å². The molecule has 0 spiro atoms. The zero-order valence-electron chi connectivity index (χ0n) is 20.1. The predicted octanol–water partition coefficient (Wildman–Crippen LogP) is 5.87. The third-order valence-electron chi connectivity index (χ3n) is 6.05. The normalized spacial score (nSPS) is 11.2. The van der Waals surface area contributed by atoms with Crippen molar-refractivity contribution < 1.29 is 24.1 Å². The molecule has 0 fully saturated rings. The van der Waals surface area contributed by atoms with E-state index in [1.54, 1.807) is 26.4 Å². The lowest BCUT2D eigenvalue weighted by molar-refractivity contribution is 0.0687. The minimum Gasteiger partial charge on any atom is -0.497 e. The van der Waals surface area contributed by atoms with Gasteiger partial charge >= 0.3 is 5.97 Å². The summed E-state index contributed by atoms with van der Waals surface area (Å²) in [5.74, 6) is 0.785. The summed E-state index contributed by atoms with van der Waals surface area (Å²) in [7, 11) is 3.14. The van der Waals surface area contributed by atoms with E-state index >= 15 is 0 Å². The Labute approximate surface area is 212 Å². The molecule has 0 aliphatic carbocycles. The lowest BCUT2D eigenvalue weighted by atomic mass is 10.00. The Morgan fingerprint density at radius 1 is 0.972 bits per heavy atom. The molecule has 0 bridgehead atoms. The van der Waals surface area contributed by atoms with Crippen LogP contribution in [0.1, 0.15) is 29.4 Å². The van der Waals surface area contributed by atoms with Gasteiger partial charge in [-0.3, -0.25) is 0 Å². The van der Waals surface area contributed by atoms with Crippen LogP contribution in [-0.4, -0.2) is 45.2 Å². The van der Waals surface area contributed by atoms with Crippen LogP contribution >= 0.6 is 11.7 Å². The van der Waals surface area contributed by atoms with Gasteiger partial charge in [-0.15, -0.1) is 0 Å². The first kappa shape index (κ1) is 23.6. The number of hydrogen-bond acceptors (Lipinski definition) is 7. The van der Waals surface area contributed by atoms with Crippen LogP contribution in [0.3, 0.4) is 0 Å². The summed E-state index contributed by atoms with van der Waals surface area (Å²) < 4.78 is 27.3. The van der Waals surface area contributed by atoms with Gasteiger partial charge in [0.25, 0.3) is 0 Å². The molecule has 0 atom stereocenters. The highest BCUT2D eigenvalue weighted by Gasteiger charge is 2.26. The molecule has 5 rings (SSSR count).